The van der Waals surface area contributed by atoms with E-state index in [2.05, 4.69) is 15.1 Å². The number of benzene rings is 1. The molecule has 30 heavy (non-hydrogen) atoms. The largest absolute Gasteiger partial charge is 0.487 e. The number of halogens is 2. The Morgan fingerprint density at radius 1 is 1.13 bits per heavy atom. The Morgan fingerprint density at radius 3 is 2.60 bits per heavy atom. The van der Waals surface area contributed by atoms with Gasteiger partial charge in [0.05, 0.1) is 11.4 Å². The monoisotopic (exact) mass is 440 g/mol. The Morgan fingerprint density at radius 2 is 1.90 bits per heavy atom. The third kappa shape index (κ3) is 3.07. The number of aromatic nitrogens is 4. The molecule has 0 aliphatic heterocycles. The standard InChI is InChI=1S/C22H18Cl2N4O2/c23-17-5-2-1-4-16(17)22(8-3-9-22)20-19(24)21-26-14(12-18(29)28(21)27-20)13-30-15-6-10-25-11-7-15/h1-2,4-7,10-12,27H,3,8-9,13H2. The van der Waals surface area contributed by atoms with Crippen LogP contribution in [0.3, 0.4) is 0 Å². The van der Waals surface area contributed by atoms with Gasteiger partial charge in [0.15, 0.2) is 5.65 Å². The molecule has 0 unspecified atom stereocenters. The van der Waals surface area contributed by atoms with Crippen LogP contribution in [-0.2, 0) is 12.0 Å². The molecule has 152 valence electrons. The lowest BCUT2D eigenvalue weighted by atomic mass is 9.62. The summed E-state index contributed by atoms with van der Waals surface area (Å²) in [5, 5.41) is 4.34. The van der Waals surface area contributed by atoms with Gasteiger partial charge in [-0.1, -0.05) is 47.8 Å². The van der Waals surface area contributed by atoms with Gasteiger partial charge in [-0.15, -0.1) is 0 Å². The first-order valence-corrected chi connectivity index (χ1v) is 10.4. The van der Waals surface area contributed by atoms with Crippen LogP contribution in [0.25, 0.3) is 5.65 Å². The molecule has 0 spiro atoms. The number of ether oxygens (including phenoxy) is 1. The zero-order valence-corrected chi connectivity index (χ0v) is 17.5. The number of aromatic amines is 1. The molecule has 0 atom stereocenters. The number of fused-ring (bicyclic) bond motifs is 1. The summed E-state index contributed by atoms with van der Waals surface area (Å²) in [5.41, 5.74) is 2.11. The molecule has 8 heteroatoms. The van der Waals surface area contributed by atoms with Gasteiger partial charge in [-0.05, 0) is 36.6 Å². The van der Waals surface area contributed by atoms with Crippen LogP contribution in [0.1, 0.15) is 36.2 Å². The molecule has 3 aromatic heterocycles. The Kier molecular flexibility index (Phi) is 4.76. The second kappa shape index (κ2) is 7.45. The summed E-state index contributed by atoms with van der Waals surface area (Å²) in [5.74, 6) is 0.653. The maximum absolute atomic E-state index is 12.8. The number of H-pyrrole nitrogens is 1. The van der Waals surface area contributed by atoms with Gasteiger partial charge in [0.25, 0.3) is 5.56 Å². The number of hydrogen-bond donors (Lipinski definition) is 1. The molecule has 1 aromatic carbocycles. The highest BCUT2D eigenvalue weighted by Crippen LogP contribution is 2.52. The Labute approximate surface area is 182 Å². The van der Waals surface area contributed by atoms with Crippen LogP contribution < -0.4 is 10.3 Å². The normalized spacial score (nSPS) is 15.1. The molecule has 0 saturated heterocycles. The molecular weight excluding hydrogens is 423 g/mol. The zero-order valence-electron chi connectivity index (χ0n) is 15.9. The maximum atomic E-state index is 12.8. The lowest BCUT2D eigenvalue weighted by Gasteiger charge is -2.42. The van der Waals surface area contributed by atoms with Crippen LogP contribution in [0.4, 0.5) is 0 Å². The average molecular weight is 441 g/mol. The van der Waals surface area contributed by atoms with Crippen LogP contribution in [0.2, 0.25) is 10.0 Å². The van der Waals surface area contributed by atoms with Gasteiger partial charge < -0.3 is 4.74 Å². The van der Waals surface area contributed by atoms with Crippen LogP contribution in [0.5, 0.6) is 5.75 Å². The number of nitrogens with zero attached hydrogens (tertiary/aromatic N) is 3. The number of rotatable bonds is 5. The van der Waals surface area contributed by atoms with E-state index in [-0.39, 0.29) is 17.6 Å². The van der Waals surface area contributed by atoms with E-state index in [1.807, 2.05) is 24.3 Å². The quantitative estimate of drug-likeness (QED) is 0.484. The summed E-state index contributed by atoms with van der Waals surface area (Å²) in [7, 11) is 0. The maximum Gasteiger partial charge on any atom is 0.273 e. The van der Waals surface area contributed by atoms with E-state index in [1.54, 1.807) is 24.5 Å². The van der Waals surface area contributed by atoms with E-state index in [4.69, 9.17) is 27.9 Å². The van der Waals surface area contributed by atoms with Crippen LogP contribution in [0.15, 0.2) is 59.7 Å². The van der Waals surface area contributed by atoms with Crippen molar-refractivity contribution in [3.05, 3.63) is 92.2 Å². The van der Waals surface area contributed by atoms with Gasteiger partial charge >= 0.3 is 0 Å². The second-order valence-corrected chi connectivity index (χ2v) is 8.22. The van der Waals surface area contributed by atoms with Crippen molar-refractivity contribution >= 4 is 28.8 Å². The highest BCUT2D eigenvalue weighted by molar-refractivity contribution is 6.34. The van der Waals surface area contributed by atoms with E-state index in [1.165, 1.54) is 10.6 Å². The van der Waals surface area contributed by atoms with Crippen molar-refractivity contribution in [3.8, 4) is 5.75 Å². The first-order valence-electron chi connectivity index (χ1n) is 9.67. The summed E-state index contributed by atoms with van der Waals surface area (Å²) in [4.78, 5) is 21.3. The minimum absolute atomic E-state index is 0.155. The second-order valence-electron chi connectivity index (χ2n) is 7.43. The number of pyridine rings is 1. The van der Waals surface area contributed by atoms with Crippen molar-refractivity contribution < 1.29 is 4.74 Å². The number of hydrogen-bond acceptors (Lipinski definition) is 4. The third-order valence-corrected chi connectivity index (χ3v) is 6.41. The third-order valence-electron chi connectivity index (χ3n) is 5.72. The summed E-state index contributed by atoms with van der Waals surface area (Å²) in [6.45, 7) is 0.155. The fraction of sp³-hybridized carbons (Fsp3) is 0.227. The van der Waals surface area contributed by atoms with E-state index in [9.17, 15) is 4.79 Å². The van der Waals surface area contributed by atoms with Gasteiger partial charge in [-0.25, -0.2) is 4.98 Å². The minimum Gasteiger partial charge on any atom is -0.487 e. The van der Waals surface area contributed by atoms with Crippen molar-refractivity contribution in [2.75, 3.05) is 0 Å². The minimum atomic E-state index is -0.344. The van der Waals surface area contributed by atoms with Gasteiger partial charge in [-0.3, -0.25) is 14.9 Å². The summed E-state index contributed by atoms with van der Waals surface area (Å²) < 4.78 is 7.10. The first-order chi connectivity index (χ1) is 14.6. The van der Waals surface area contributed by atoms with Crippen molar-refractivity contribution in [3.63, 3.8) is 0 Å². The lowest BCUT2D eigenvalue weighted by Crippen LogP contribution is -2.36. The molecule has 0 radical (unpaired) electrons. The predicted octanol–water partition coefficient (Wildman–Crippen LogP) is 4.77. The molecule has 4 aromatic rings. The van der Waals surface area contributed by atoms with E-state index >= 15 is 0 Å². The molecule has 6 nitrogen and oxygen atoms in total. The fourth-order valence-corrected chi connectivity index (χ4v) is 4.74. The van der Waals surface area contributed by atoms with Gasteiger partial charge in [0.2, 0.25) is 0 Å². The molecule has 1 N–H and O–H groups in total. The van der Waals surface area contributed by atoms with Gasteiger partial charge in [0, 0.05) is 28.9 Å². The topological polar surface area (TPSA) is 72.3 Å². The van der Waals surface area contributed by atoms with Crippen LogP contribution >= 0.6 is 23.2 Å². The molecule has 5 rings (SSSR count). The number of nitrogens with one attached hydrogen (secondary N) is 1. The van der Waals surface area contributed by atoms with Crippen LogP contribution in [0, 0.1) is 0 Å². The zero-order chi connectivity index (χ0) is 20.7. The summed E-state index contributed by atoms with van der Waals surface area (Å²) in [6.07, 6.45) is 6.14. The Bertz CT molecular complexity index is 1280. The highest BCUT2D eigenvalue weighted by atomic mass is 35.5. The van der Waals surface area contributed by atoms with E-state index in [0.717, 1.165) is 30.5 Å². The van der Waals surface area contributed by atoms with Crippen molar-refractivity contribution in [1.29, 1.82) is 0 Å². The summed E-state index contributed by atoms with van der Waals surface area (Å²) >= 11 is 13.3. The van der Waals surface area contributed by atoms with E-state index < -0.39 is 0 Å². The molecule has 0 amide bonds. The fourth-order valence-electron chi connectivity index (χ4n) is 4.07. The first kappa shape index (κ1) is 19.2. The SMILES string of the molecule is O=c1cc(COc2ccncc2)nc2c(Cl)c(C3(c4ccccc4Cl)CCC3)[nH]n12. The molecule has 3 heterocycles. The summed E-state index contributed by atoms with van der Waals surface area (Å²) in [6, 6.07) is 12.7. The van der Waals surface area contributed by atoms with Gasteiger partial charge in [0.1, 0.15) is 17.4 Å². The molecule has 0 bridgehead atoms. The smallest absolute Gasteiger partial charge is 0.273 e. The molecule has 1 saturated carbocycles. The highest BCUT2D eigenvalue weighted by Gasteiger charge is 2.45. The lowest BCUT2D eigenvalue weighted by molar-refractivity contribution is 0.293. The molecule has 1 aliphatic carbocycles. The Hall–Kier alpha value is -2.83. The van der Waals surface area contributed by atoms with Crippen molar-refractivity contribution in [2.45, 2.75) is 31.3 Å². The van der Waals surface area contributed by atoms with Gasteiger partial charge in [-0.2, -0.15) is 4.52 Å². The van der Waals surface area contributed by atoms with Crippen LogP contribution in [-0.4, -0.2) is 19.6 Å². The van der Waals surface area contributed by atoms with E-state index in [0.29, 0.717) is 27.1 Å². The predicted molar refractivity (Wildman–Crippen MR) is 115 cm³/mol. The van der Waals surface area contributed by atoms with Crippen molar-refractivity contribution in [2.24, 2.45) is 0 Å². The molecular formula is C22H18Cl2N4O2. The molecule has 1 fully saturated rings. The Balaban J connectivity index is 1.56. The average Bonchev–Trinajstić information content (AvgIpc) is 3.05. The van der Waals surface area contributed by atoms with Crippen molar-refractivity contribution in [1.82, 2.24) is 19.6 Å². The molecule has 1 aliphatic rings.